The number of aromatic nitrogens is 2. The van der Waals surface area contributed by atoms with Gasteiger partial charge in [0.05, 0.1) is 24.3 Å². The van der Waals surface area contributed by atoms with Crippen LogP contribution in [0.5, 0.6) is 0 Å². The molecule has 23 heavy (non-hydrogen) atoms. The van der Waals surface area contributed by atoms with E-state index in [2.05, 4.69) is 10.3 Å². The molecular formula is C16H28N4O3. The number of nitrogens with one attached hydrogen (secondary N) is 1. The van der Waals surface area contributed by atoms with Crippen LogP contribution in [0.1, 0.15) is 53.3 Å². The highest BCUT2D eigenvalue weighted by atomic mass is 16.6. The quantitative estimate of drug-likeness (QED) is 0.871. The van der Waals surface area contributed by atoms with Crippen LogP contribution in [0, 0.1) is 0 Å². The monoisotopic (exact) mass is 324 g/mol. The first-order chi connectivity index (χ1) is 10.7. The molecule has 0 saturated heterocycles. The van der Waals surface area contributed by atoms with Gasteiger partial charge in [0.15, 0.2) is 0 Å². The maximum absolute atomic E-state index is 12.2. The number of hydrogen-bond donors (Lipinski definition) is 1. The fourth-order valence-corrected chi connectivity index (χ4v) is 2.20. The molecule has 1 rings (SSSR count). The molecule has 0 aromatic carbocycles. The smallest absolute Gasteiger partial charge is 0.408 e. The van der Waals surface area contributed by atoms with Crippen molar-refractivity contribution in [1.82, 2.24) is 19.8 Å². The molecule has 7 heteroatoms. The second kappa shape index (κ2) is 7.99. The van der Waals surface area contributed by atoms with Crippen molar-refractivity contribution in [2.75, 3.05) is 13.1 Å². The van der Waals surface area contributed by atoms with Crippen LogP contribution in [0.2, 0.25) is 0 Å². The van der Waals surface area contributed by atoms with Crippen LogP contribution in [0.4, 0.5) is 4.79 Å². The fraction of sp³-hybridized carbons (Fsp3) is 0.688. The third-order valence-corrected chi connectivity index (χ3v) is 3.34. The molecule has 130 valence electrons. The first-order valence-corrected chi connectivity index (χ1v) is 7.95. The summed E-state index contributed by atoms with van der Waals surface area (Å²) in [5, 5.41) is 2.76. The Labute approximate surface area is 138 Å². The van der Waals surface area contributed by atoms with Crippen LogP contribution in [0.15, 0.2) is 12.5 Å². The molecule has 0 radical (unpaired) electrons. The van der Waals surface area contributed by atoms with Crippen molar-refractivity contribution in [2.24, 2.45) is 0 Å². The van der Waals surface area contributed by atoms with Gasteiger partial charge in [-0.1, -0.05) is 0 Å². The molecule has 1 aromatic heterocycles. The van der Waals surface area contributed by atoms with Gasteiger partial charge >= 0.3 is 6.09 Å². The molecule has 0 unspecified atom stereocenters. The number of ether oxygens (including phenoxy) is 1. The fourth-order valence-electron chi connectivity index (χ4n) is 2.20. The average Bonchev–Trinajstić information content (AvgIpc) is 2.85. The zero-order valence-electron chi connectivity index (χ0n) is 14.9. The molecule has 0 bridgehead atoms. The van der Waals surface area contributed by atoms with Gasteiger partial charge in [-0.15, -0.1) is 0 Å². The number of amides is 2. The average molecular weight is 324 g/mol. The highest BCUT2D eigenvalue weighted by molar-refractivity contribution is 5.76. The van der Waals surface area contributed by atoms with Crippen molar-refractivity contribution in [1.29, 1.82) is 0 Å². The zero-order chi connectivity index (χ0) is 17.6. The van der Waals surface area contributed by atoms with Gasteiger partial charge in [0.1, 0.15) is 12.1 Å². The van der Waals surface area contributed by atoms with E-state index in [9.17, 15) is 9.59 Å². The first-order valence-electron chi connectivity index (χ1n) is 7.95. The van der Waals surface area contributed by atoms with Crippen LogP contribution in [0.25, 0.3) is 0 Å². The number of hydrogen-bond acceptors (Lipinski definition) is 4. The highest BCUT2D eigenvalue weighted by Crippen LogP contribution is 2.14. The largest absolute Gasteiger partial charge is 0.444 e. The second-order valence-corrected chi connectivity index (χ2v) is 6.38. The van der Waals surface area contributed by atoms with Gasteiger partial charge in [0.2, 0.25) is 5.91 Å². The van der Waals surface area contributed by atoms with Crippen LogP contribution < -0.4 is 5.32 Å². The molecule has 1 heterocycles. The van der Waals surface area contributed by atoms with Gasteiger partial charge in [0.25, 0.3) is 0 Å². The summed E-state index contributed by atoms with van der Waals surface area (Å²) < 4.78 is 7.00. The van der Waals surface area contributed by atoms with Crippen LogP contribution in [-0.2, 0) is 16.1 Å². The number of nitrogens with zero attached hydrogens (tertiary/aromatic N) is 3. The Morgan fingerprint density at radius 2 is 1.96 bits per heavy atom. The van der Waals surface area contributed by atoms with E-state index >= 15 is 0 Å². The zero-order valence-corrected chi connectivity index (χ0v) is 14.9. The first kappa shape index (κ1) is 19.0. The van der Waals surface area contributed by atoms with Crippen molar-refractivity contribution in [3.8, 4) is 0 Å². The topological polar surface area (TPSA) is 76.5 Å². The van der Waals surface area contributed by atoms with Crippen LogP contribution in [-0.4, -0.2) is 45.1 Å². The molecule has 0 fully saturated rings. The SMILES string of the molecule is CCN(CC)C(=O)Cn1cncc1[C@H](C)NC(=O)OC(C)(C)C. The summed E-state index contributed by atoms with van der Waals surface area (Å²) in [4.78, 5) is 29.9. The molecule has 0 aliphatic heterocycles. The van der Waals surface area contributed by atoms with Crippen molar-refractivity contribution in [3.05, 3.63) is 18.2 Å². The van der Waals surface area contributed by atoms with E-state index in [1.54, 1.807) is 22.0 Å². The lowest BCUT2D eigenvalue weighted by molar-refractivity contribution is -0.131. The van der Waals surface area contributed by atoms with E-state index in [0.717, 1.165) is 5.69 Å². The van der Waals surface area contributed by atoms with Gasteiger partial charge < -0.3 is 19.5 Å². The Balaban J connectivity index is 2.73. The summed E-state index contributed by atoms with van der Waals surface area (Å²) in [5.41, 5.74) is 0.208. The molecule has 0 aliphatic rings. The van der Waals surface area contributed by atoms with E-state index in [-0.39, 0.29) is 18.5 Å². The number of imidazole rings is 1. The summed E-state index contributed by atoms with van der Waals surface area (Å²) in [6, 6.07) is -0.308. The predicted molar refractivity (Wildman–Crippen MR) is 87.9 cm³/mol. The number of rotatable bonds is 6. The predicted octanol–water partition coefficient (Wildman–Crippen LogP) is 2.34. The van der Waals surface area contributed by atoms with E-state index in [1.165, 1.54) is 0 Å². The molecule has 1 aromatic rings. The number of alkyl carbamates (subject to hydrolysis) is 1. The summed E-state index contributed by atoms with van der Waals surface area (Å²) in [5.74, 6) is 0.0266. The molecule has 0 saturated carbocycles. The van der Waals surface area contributed by atoms with E-state index in [0.29, 0.717) is 13.1 Å². The Bertz CT molecular complexity index is 530. The number of carbonyl (C=O) groups is 2. The van der Waals surface area contributed by atoms with Gasteiger partial charge in [-0.25, -0.2) is 9.78 Å². The summed E-state index contributed by atoms with van der Waals surface area (Å²) >= 11 is 0. The minimum atomic E-state index is -0.553. The summed E-state index contributed by atoms with van der Waals surface area (Å²) in [6.07, 6.45) is 2.76. The van der Waals surface area contributed by atoms with Crippen molar-refractivity contribution in [3.63, 3.8) is 0 Å². The van der Waals surface area contributed by atoms with Crippen LogP contribution in [0.3, 0.4) is 0 Å². The normalized spacial score (nSPS) is 12.6. The van der Waals surface area contributed by atoms with E-state index in [1.807, 2.05) is 41.5 Å². The molecule has 0 aliphatic carbocycles. The highest BCUT2D eigenvalue weighted by Gasteiger charge is 2.21. The third kappa shape index (κ3) is 5.92. The third-order valence-electron chi connectivity index (χ3n) is 3.34. The Morgan fingerprint density at radius 1 is 1.35 bits per heavy atom. The van der Waals surface area contributed by atoms with Gasteiger partial charge in [-0.2, -0.15) is 0 Å². The Hall–Kier alpha value is -2.05. The lowest BCUT2D eigenvalue weighted by Gasteiger charge is -2.23. The lowest BCUT2D eigenvalue weighted by atomic mass is 10.2. The van der Waals surface area contributed by atoms with Gasteiger partial charge in [-0.05, 0) is 41.5 Å². The molecule has 2 amide bonds. The van der Waals surface area contributed by atoms with Crippen molar-refractivity contribution >= 4 is 12.0 Å². The second-order valence-electron chi connectivity index (χ2n) is 6.38. The molecule has 7 nitrogen and oxygen atoms in total. The van der Waals surface area contributed by atoms with E-state index < -0.39 is 11.7 Å². The van der Waals surface area contributed by atoms with Crippen LogP contribution >= 0.6 is 0 Å². The van der Waals surface area contributed by atoms with Crippen molar-refractivity contribution < 1.29 is 14.3 Å². The number of likely N-dealkylation sites (N-methyl/N-ethyl adjacent to an activating group) is 1. The minimum Gasteiger partial charge on any atom is -0.444 e. The molecule has 1 atom stereocenters. The maximum atomic E-state index is 12.2. The van der Waals surface area contributed by atoms with Gasteiger partial charge in [0, 0.05) is 13.1 Å². The Morgan fingerprint density at radius 3 is 2.48 bits per heavy atom. The summed E-state index contributed by atoms with van der Waals surface area (Å²) in [6.45, 7) is 12.7. The standard InChI is InChI=1S/C16H28N4O3/c1-7-19(8-2)14(21)10-20-11-17-9-13(20)12(3)18-15(22)23-16(4,5)6/h9,11-12H,7-8,10H2,1-6H3,(H,18,22)/t12-/m0/s1. The van der Waals surface area contributed by atoms with Crippen molar-refractivity contribution in [2.45, 2.75) is 59.7 Å². The molecule has 1 N–H and O–H groups in total. The molecular weight excluding hydrogens is 296 g/mol. The van der Waals surface area contributed by atoms with E-state index in [4.69, 9.17) is 4.74 Å². The maximum Gasteiger partial charge on any atom is 0.408 e. The Kier molecular flexibility index (Phi) is 6.60. The summed E-state index contributed by atoms with van der Waals surface area (Å²) in [7, 11) is 0. The lowest BCUT2D eigenvalue weighted by Crippen LogP contribution is -2.36. The van der Waals surface area contributed by atoms with Gasteiger partial charge in [-0.3, -0.25) is 4.79 Å². The minimum absolute atomic E-state index is 0.0266. The molecule has 0 spiro atoms. The number of carbonyl (C=O) groups excluding carboxylic acids is 2.